The zero-order valence-electron chi connectivity index (χ0n) is 16.4. The lowest BCUT2D eigenvalue weighted by Crippen LogP contribution is -2.33. The van der Waals surface area contributed by atoms with Gasteiger partial charge in [-0.2, -0.15) is 8.78 Å². The summed E-state index contributed by atoms with van der Waals surface area (Å²) >= 11 is 0. The number of ether oxygens (including phenoxy) is 1. The minimum Gasteiger partial charge on any atom is -0.429 e. The summed E-state index contributed by atoms with van der Waals surface area (Å²) < 4.78 is 88.4. The molecule has 0 aromatic heterocycles. The predicted octanol–water partition coefficient (Wildman–Crippen LogP) is 7.71. The molecule has 1 unspecified atom stereocenters. The van der Waals surface area contributed by atoms with Crippen molar-refractivity contribution in [1.29, 1.82) is 0 Å². The smallest absolute Gasteiger partial charge is 0.425 e. The molecule has 0 radical (unpaired) electrons. The van der Waals surface area contributed by atoms with Gasteiger partial charge in [-0.3, -0.25) is 0 Å². The maximum atomic E-state index is 15.1. The molecule has 0 N–H and O–H groups in total. The molecule has 0 saturated heterocycles. The molecule has 3 rings (SSSR count). The molecule has 1 aromatic carbocycles. The van der Waals surface area contributed by atoms with Crippen LogP contribution in [0.2, 0.25) is 0 Å². The number of benzene rings is 1. The average molecular weight is 420 g/mol. The van der Waals surface area contributed by atoms with Crippen molar-refractivity contribution < 1.29 is 31.1 Å². The second kappa shape index (κ2) is 9.00. The Kier molecular flexibility index (Phi) is 6.84. The van der Waals surface area contributed by atoms with Gasteiger partial charge < -0.3 is 4.74 Å². The zero-order chi connectivity index (χ0) is 21.2. The van der Waals surface area contributed by atoms with Crippen LogP contribution in [0.5, 0.6) is 5.75 Å². The molecule has 0 spiro atoms. The lowest BCUT2D eigenvalue weighted by atomic mass is 9.71. The first-order valence-electron chi connectivity index (χ1n) is 10.3. The van der Waals surface area contributed by atoms with E-state index in [1.54, 1.807) is 0 Å². The lowest BCUT2D eigenvalue weighted by molar-refractivity contribution is -0.148. The number of rotatable bonds is 6. The van der Waals surface area contributed by atoms with E-state index < -0.39 is 46.6 Å². The van der Waals surface area contributed by atoms with Gasteiger partial charge in [0.1, 0.15) is 11.6 Å². The summed E-state index contributed by atoms with van der Waals surface area (Å²) in [6.07, 6.45) is 2.50. The van der Waals surface area contributed by atoms with Crippen LogP contribution in [0.15, 0.2) is 23.5 Å². The fourth-order valence-electron chi connectivity index (χ4n) is 4.78. The summed E-state index contributed by atoms with van der Waals surface area (Å²) in [5.74, 6) is -6.72. The minimum absolute atomic E-state index is 0.0231. The molecule has 1 fully saturated rings. The Morgan fingerprint density at radius 2 is 1.59 bits per heavy atom. The van der Waals surface area contributed by atoms with Crippen LogP contribution >= 0.6 is 0 Å². The third-order valence-corrected chi connectivity index (χ3v) is 6.27. The van der Waals surface area contributed by atoms with Gasteiger partial charge in [0.2, 0.25) is 0 Å². The molecular formula is C22H26F6O. The highest BCUT2D eigenvalue weighted by Crippen LogP contribution is 2.47. The maximum absolute atomic E-state index is 15.1. The van der Waals surface area contributed by atoms with Crippen LogP contribution in [0.3, 0.4) is 0 Å². The van der Waals surface area contributed by atoms with Crippen LogP contribution in [0, 0.1) is 35.2 Å². The van der Waals surface area contributed by atoms with Crippen molar-refractivity contribution in [2.75, 3.05) is 0 Å². The maximum Gasteiger partial charge on any atom is 0.425 e. The van der Waals surface area contributed by atoms with Crippen LogP contribution in [0.1, 0.15) is 64.7 Å². The van der Waals surface area contributed by atoms with Crippen molar-refractivity contribution in [3.05, 3.63) is 41.0 Å². The van der Waals surface area contributed by atoms with Gasteiger partial charge in [-0.25, -0.2) is 17.6 Å². The highest BCUT2D eigenvalue weighted by atomic mass is 19.3. The summed E-state index contributed by atoms with van der Waals surface area (Å²) in [5.41, 5.74) is -0.769. The van der Waals surface area contributed by atoms with Crippen LogP contribution < -0.4 is 4.74 Å². The largest absolute Gasteiger partial charge is 0.429 e. The topological polar surface area (TPSA) is 9.23 Å². The van der Waals surface area contributed by atoms with E-state index in [0.717, 1.165) is 38.5 Å². The zero-order valence-corrected chi connectivity index (χ0v) is 16.4. The Morgan fingerprint density at radius 3 is 2.17 bits per heavy atom. The fraction of sp³-hybridized carbons (Fsp3) is 0.636. The van der Waals surface area contributed by atoms with Crippen LogP contribution in [0.25, 0.3) is 0 Å². The molecule has 0 amide bonds. The number of hydrogen-bond acceptors (Lipinski definition) is 1. The molecule has 0 heterocycles. The highest BCUT2D eigenvalue weighted by molar-refractivity contribution is 5.28. The van der Waals surface area contributed by atoms with Gasteiger partial charge in [0.15, 0.2) is 17.5 Å². The number of halogens is 6. The van der Waals surface area contributed by atoms with E-state index in [2.05, 4.69) is 11.7 Å². The first-order valence-corrected chi connectivity index (χ1v) is 10.3. The molecule has 1 nitrogen and oxygen atoms in total. The average Bonchev–Trinajstić information content (AvgIpc) is 2.67. The van der Waals surface area contributed by atoms with Gasteiger partial charge in [0.25, 0.3) is 0 Å². The van der Waals surface area contributed by atoms with Gasteiger partial charge >= 0.3 is 6.11 Å². The first-order chi connectivity index (χ1) is 13.7. The summed E-state index contributed by atoms with van der Waals surface area (Å²) in [6, 6.07) is 0.667. The van der Waals surface area contributed by atoms with Crippen LogP contribution in [-0.2, 0) is 0 Å². The van der Waals surface area contributed by atoms with Gasteiger partial charge in [-0.05, 0) is 43.9 Å². The Balaban J connectivity index is 1.76. The monoisotopic (exact) mass is 420 g/mol. The van der Waals surface area contributed by atoms with Gasteiger partial charge in [-0.15, -0.1) is 0 Å². The minimum atomic E-state index is -4.06. The Labute approximate surface area is 167 Å². The van der Waals surface area contributed by atoms with Crippen molar-refractivity contribution in [1.82, 2.24) is 0 Å². The van der Waals surface area contributed by atoms with Crippen molar-refractivity contribution in [2.45, 2.75) is 70.8 Å². The standard InChI is InChI=1S/C22H26F6O/c1-2-4-13-7-9-14(10-8-13)16-5-3-6-17(20(16)25)22(27,28)29-15-11-18(23)21(26)19(24)12-15/h11-14,16H,2-10H2,1H3/t13-,14-,16?. The van der Waals surface area contributed by atoms with E-state index in [1.807, 2.05) is 0 Å². The van der Waals surface area contributed by atoms with Crippen molar-refractivity contribution >= 4 is 0 Å². The molecule has 29 heavy (non-hydrogen) atoms. The quantitative estimate of drug-likeness (QED) is 0.338. The molecule has 2 aliphatic rings. The van der Waals surface area contributed by atoms with E-state index in [4.69, 9.17) is 0 Å². The summed E-state index contributed by atoms with van der Waals surface area (Å²) in [7, 11) is 0. The third kappa shape index (κ3) is 4.92. The van der Waals surface area contributed by atoms with E-state index in [0.29, 0.717) is 30.9 Å². The molecule has 1 atom stereocenters. The normalized spacial score (nSPS) is 26.0. The van der Waals surface area contributed by atoms with Gasteiger partial charge in [-0.1, -0.05) is 32.6 Å². The Bertz CT molecular complexity index is 729. The fourth-order valence-corrected chi connectivity index (χ4v) is 4.78. The number of allylic oxidation sites excluding steroid dienone is 1. The molecule has 7 heteroatoms. The number of hydrogen-bond donors (Lipinski definition) is 0. The molecule has 2 aliphatic carbocycles. The van der Waals surface area contributed by atoms with E-state index in [-0.39, 0.29) is 12.3 Å². The second-order valence-corrected chi connectivity index (χ2v) is 8.21. The molecule has 0 aliphatic heterocycles. The summed E-state index contributed by atoms with van der Waals surface area (Å²) in [4.78, 5) is 0. The summed E-state index contributed by atoms with van der Waals surface area (Å²) in [5, 5.41) is 0. The predicted molar refractivity (Wildman–Crippen MR) is 97.7 cm³/mol. The summed E-state index contributed by atoms with van der Waals surface area (Å²) in [6.45, 7) is 2.13. The SMILES string of the molecule is CCC[C@H]1CC[C@H](C2CCCC(C(F)(F)Oc3cc(F)c(F)c(F)c3)=C2F)CC1. The van der Waals surface area contributed by atoms with Crippen LogP contribution in [-0.4, -0.2) is 6.11 Å². The van der Waals surface area contributed by atoms with E-state index in [9.17, 15) is 22.0 Å². The molecule has 1 aromatic rings. The number of alkyl halides is 2. The van der Waals surface area contributed by atoms with Gasteiger partial charge in [0.05, 0.1) is 5.57 Å². The second-order valence-electron chi connectivity index (χ2n) is 8.21. The molecular weight excluding hydrogens is 394 g/mol. The van der Waals surface area contributed by atoms with Crippen LogP contribution in [0.4, 0.5) is 26.3 Å². The van der Waals surface area contributed by atoms with E-state index in [1.165, 1.54) is 0 Å². The molecule has 0 bridgehead atoms. The first kappa shape index (κ1) is 22.0. The lowest BCUT2D eigenvalue weighted by Gasteiger charge is -2.36. The van der Waals surface area contributed by atoms with Crippen molar-refractivity contribution in [3.63, 3.8) is 0 Å². The van der Waals surface area contributed by atoms with Crippen molar-refractivity contribution in [3.8, 4) is 5.75 Å². The highest BCUT2D eigenvalue weighted by Gasteiger charge is 2.45. The molecule has 162 valence electrons. The van der Waals surface area contributed by atoms with Crippen molar-refractivity contribution in [2.24, 2.45) is 17.8 Å². The Morgan fingerprint density at radius 1 is 0.966 bits per heavy atom. The van der Waals surface area contributed by atoms with E-state index >= 15 is 4.39 Å². The Hall–Kier alpha value is -1.66. The van der Waals surface area contributed by atoms with Gasteiger partial charge in [0, 0.05) is 18.1 Å². The third-order valence-electron chi connectivity index (χ3n) is 6.27. The molecule has 1 saturated carbocycles.